The maximum absolute atomic E-state index is 13.2. The largest absolute Gasteiger partial charge is 0.347 e. The summed E-state index contributed by atoms with van der Waals surface area (Å²) in [5.74, 6) is -0.0841. The fourth-order valence-electron chi connectivity index (χ4n) is 5.63. The molecule has 2 heterocycles. The second-order valence-corrected chi connectivity index (χ2v) is 10.6. The lowest BCUT2D eigenvalue weighted by molar-refractivity contribution is 0.0936. The maximum Gasteiger partial charge on any atom is 0.320 e. The molecule has 3 aromatic carbocycles. The number of rotatable bonds is 8. The number of nitrogens with zero attached hydrogens (tertiary/aromatic N) is 3. The Labute approximate surface area is 226 Å². The van der Waals surface area contributed by atoms with Gasteiger partial charge in [0.25, 0.3) is 5.91 Å². The van der Waals surface area contributed by atoms with E-state index in [4.69, 9.17) is 0 Å². The molecule has 3 amide bonds. The van der Waals surface area contributed by atoms with Crippen molar-refractivity contribution in [2.75, 3.05) is 39.8 Å². The van der Waals surface area contributed by atoms with Crippen molar-refractivity contribution in [3.63, 3.8) is 0 Å². The number of carbonyl (C=O) groups excluding carboxylic acids is 2. The van der Waals surface area contributed by atoms with Crippen LogP contribution in [0.5, 0.6) is 0 Å². The van der Waals surface area contributed by atoms with E-state index in [0.29, 0.717) is 18.7 Å². The summed E-state index contributed by atoms with van der Waals surface area (Å²) in [4.78, 5) is 32.4. The lowest BCUT2D eigenvalue weighted by Gasteiger charge is -2.29. The Balaban J connectivity index is 1.06. The third-order valence-electron chi connectivity index (χ3n) is 7.93. The summed E-state index contributed by atoms with van der Waals surface area (Å²) in [5, 5.41) is 3.13. The van der Waals surface area contributed by atoms with Gasteiger partial charge in [-0.25, -0.2) is 4.79 Å². The molecule has 0 aliphatic carbocycles. The van der Waals surface area contributed by atoms with Crippen molar-refractivity contribution in [2.45, 2.75) is 37.8 Å². The minimum absolute atomic E-state index is 0.0216. The van der Waals surface area contributed by atoms with E-state index in [1.165, 1.54) is 5.56 Å². The molecule has 2 aliphatic heterocycles. The molecule has 0 bridgehead atoms. The number of nitrogens with one attached hydrogen (secondary N) is 1. The van der Waals surface area contributed by atoms with E-state index in [0.717, 1.165) is 56.4 Å². The number of benzene rings is 3. The van der Waals surface area contributed by atoms with Crippen LogP contribution < -0.4 is 5.32 Å². The molecule has 0 aromatic heterocycles. The van der Waals surface area contributed by atoms with Crippen molar-refractivity contribution in [1.29, 1.82) is 0 Å². The van der Waals surface area contributed by atoms with Gasteiger partial charge < -0.3 is 20.0 Å². The molecular weight excluding hydrogens is 472 g/mol. The predicted octanol–water partition coefficient (Wildman–Crippen LogP) is 4.92. The van der Waals surface area contributed by atoms with Crippen molar-refractivity contribution in [2.24, 2.45) is 0 Å². The minimum Gasteiger partial charge on any atom is -0.347 e. The molecule has 6 heteroatoms. The van der Waals surface area contributed by atoms with E-state index in [-0.39, 0.29) is 24.0 Å². The molecule has 38 heavy (non-hydrogen) atoms. The zero-order valence-corrected chi connectivity index (χ0v) is 22.3. The van der Waals surface area contributed by atoms with Crippen LogP contribution in [0.2, 0.25) is 0 Å². The molecule has 0 radical (unpaired) electrons. The van der Waals surface area contributed by atoms with Gasteiger partial charge in [0.1, 0.15) is 0 Å². The van der Waals surface area contributed by atoms with E-state index in [9.17, 15) is 9.59 Å². The van der Waals surface area contributed by atoms with Crippen LogP contribution in [-0.4, -0.2) is 78.5 Å². The average Bonchev–Trinajstić information content (AvgIpc) is 3.63. The van der Waals surface area contributed by atoms with Crippen molar-refractivity contribution in [3.8, 4) is 11.1 Å². The molecule has 6 nitrogen and oxygen atoms in total. The second-order valence-electron chi connectivity index (χ2n) is 10.6. The first kappa shape index (κ1) is 26.0. The molecule has 198 valence electrons. The summed E-state index contributed by atoms with van der Waals surface area (Å²) in [5.41, 5.74) is 4.25. The average molecular weight is 511 g/mol. The van der Waals surface area contributed by atoms with Gasteiger partial charge >= 0.3 is 6.03 Å². The zero-order chi connectivity index (χ0) is 26.3. The summed E-state index contributed by atoms with van der Waals surface area (Å²) in [7, 11) is 1.93. The highest BCUT2D eigenvalue weighted by Gasteiger charge is 2.34. The molecule has 2 fully saturated rings. The Morgan fingerprint density at radius 3 is 2.26 bits per heavy atom. The van der Waals surface area contributed by atoms with Gasteiger partial charge in [0.2, 0.25) is 0 Å². The van der Waals surface area contributed by atoms with Crippen LogP contribution in [0.4, 0.5) is 4.79 Å². The van der Waals surface area contributed by atoms with Crippen molar-refractivity contribution in [1.82, 2.24) is 20.0 Å². The Hall–Kier alpha value is -3.64. The fourth-order valence-corrected chi connectivity index (χ4v) is 5.63. The topological polar surface area (TPSA) is 55.9 Å². The highest BCUT2D eigenvalue weighted by atomic mass is 16.2. The lowest BCUT2D eigenvalue weighted by Crippen LogP contribution is -2.47. The first-order valence-corrected chi connectivity index (χ1v) is 13.8. The summed E-state index contributed by atoms with van der Waals surface area (Å²) >= 11 is 0. The smallest absolute Gasteiger partial charge is 0.320 e. The van der Waals surface area contributed by atoms with Crippen LogP contribution in [0, 0.1) is 0 Å². The van der Waals surface area contributed by atoms with Gasteiger partial charge in [0.05, 0.1) is 0 Å². The Morgan fingerprint density at radius 1 is 0.842 bits per heavy atom. The van der Waals surface area contributed by atoms with Gasteiger partial charge in [-0.3, -0.25) is 4.79 Å². The first-order valence-electron chi connectivity index (χ1n) is 13.8. The summed E-state index contributed by atoms with van der Waals surface area (Å²) in [6.07, 6.45) is 4.02. The summed E-state index contributed by atoms with van der Waals surface area (Å²) < 4.78 is 0. The molecule has 2 aliphatic rings. The van der Waals surface area contributed by atoms with E-state index in [2.05, 4.69) is 52.7 Å². The van der Waals surface area contributed by atoms with Crippen LogP contribution in [0.15, 0.2) is 84.9 Å². The van der Waals surface area contributed by atoms with E-state index in [1.807, 2.05) is 59.3 Å². The molecule has 0 saturated carbocycles. The number of hydrogen-bond acceptors (Lipinski definition) is 3. The third-order valence-corrected chi connectivity index (χ3v) is 7.93. The number of likely N-dealkylation sites (tertiary alicyclic amines) is 2. The SMILES string of the molecule is CN(C(=O)N1CCC(NC(=O)c2ccc(-c3ccccc3)cc2)C1)C1CCN(CCCc2ccccc2)C1. The van der Waals surface area contributed by atoms with Crippen LogP contribution in [0.3, 0.4) is 0 Å². The fraction of sp³-hybridized carbons (Fsp3) is 0.375. The molecule has 5 rings (SSSR count). The third kappa shape index (κ3) is 6.43. The molecule has 2 saturated heterocycles. The van der Waals surface area contributed by atoms with E-state index >= 15 is 0 Å². The zero-order valence-electron chi connectivity index (χ0n) is 22.3. The molecule has 3 aromatic rings. The van der Waals surface area contributed by atoms with Crippen LogP contribution in [0.25, 0.3) is 11.1 Å². The van der Waals surface area contributed by atoms with Gasteiger partial charge in [-0.2, -0.15) is 0 Å². The minimum atomic E-state index is -0.0841. The Bertz CT molecular complexity index is 1200. The number of aryl methyl sites for hydroxylation is 1. The van der Waals surface area contributed by atoms with Gasteiger partial charge in [0.15, 0.2) is 0 Å². The van der Waals surface area contributed by atoms with Crippen molar-refractivity contribution in [3.05, 3.63) is 96.1 Å². The predicted molar refractivity (Wildman–Crippen MR) is 152 cm³/mol. The standard InChI is InChI=1S/C32H38N4O2/c1-34(30-19-21-35(24-30)20-8-11-25-9-4-2-5-10-25)32(38)36-22-18-29(23-36)33-31(37)28-16-14-27(15-17-28)26-12-6-3-7-13-26/h2-7,9-10,12-17,29-30H,8,11,18-24H2,1H3,(H,33,37). The Kier molecular flexibility index (Phi) is 8.39. The molecule has 2 atom stereocenters. The van der Waals surface area contributed by atoms with Crippen molar-refractivity contribution < 1.29 is 9.59 Å². The van der Waals surface area contributed by atoms with Gasteiger partial charge in [-0.15, -0.1) is 0 Å². The monoisotopic (exact) mass is 510 g/mol. The van der Waals surface area contributed by atoms with E-state index < -0.39 is 0 Å². The first-order chi connectivity index (χ1) is 18.6. The van der Waals surface area contributed by atoms with Crippen LogP contribution >= 0.6 is 0 Å². The molecule has 2 unspecified atom stereocenters. The number of likely N-dealkylation sites (N-methyl/N-ethyl adjacent to an activating group) is 1. The highest BCUT2D eigenvalue weighted by Crippen LogP contribution is 2.21. The number of amides is 3. The lowest BCUT2D eigenvalue weighted by atomic mass is 10.0. The number of urea groups is 1. The summed E-state index contributed by atoms with van der Waals surface area (Å²) in [6.45, 7) is 4.28. The summed E-state index contributed by atoms with van der Waals surface area (Å²) in [6, 6.07) is 28.8. The number of carbonyl (C=O) groups is 2. The van der Waals surface area contributed by atoms with Gasteiger partial charge in [-0.05, 0) is 61.1 Å². The molecule has 1 N–H and O–H groups in total. The second kappa shape index (κ2) is 12.3. The van der Waals surface area contributed by atoms with Crippen LogP contribution in [-0.2, 0) is 6.42 Å². The molecular formula is C32H38N4O2. The maximum atomic E-state index is 13.2. The van der Waals surface area contributed by atoms with E-state index in [1.54, 1.807) is 0 Å². The highest BCUT2D eigenvalue weighted by molar-refractivity contribution is 5.95. The quantitative estimate of drug-likeness (QED) is 0.468. The Morgan fingerprint density at radius 2 is 1.53 bits per heavy atom. The number of hydrogen-bond donors (Lipinski definition) is 1. The van der Waals surface area contributed by atoms with Crippen LogP contribution in [0.1, 0.15) is 35.2 Å². The van der Waals surface area contributed by atoms with Gasteiger partial charge in [0, 0.05) is 50.9 Å². The normalized spacial score (nSPS) is 19.4. The van der Waals surface area contributed by atoms with Crippen molar-refractivity contribution >= 4 is 11.9 Å². The molecule has 0 spiro atoms. The van der Waals surface area contributed by atoms with Gasteiger partial charge in [-0.1, -0.05) is 72.8 Å².